The molecule has 3 rings (SSSR count). The molecule has 0 bridgehead atoms. The number of amides is 2. The quantitative estimate of drug-likeness (QED) is 0.926. The van der Waals surface area contributed by atoms with E-state index in [1.165, 1.54) is 4.90 Å². The fourth-order valence-corrected chi connectivity index (χ4v) is 2.69. The van der Waals surface area contributed by atoms with Gasteiger partial charge in [-0.15, -0.1) is 0 Å². The molecule has 1 aromatic heterocycles. The summed E-state index contributed by atoms with van der Waals surface area (Å²) in [7, 11) is 0. The highest BCUT2D eigenvalue weighted by molar-refractivity contribution is 5.89. The van der Waals surface area contributed by atoms with Crippen molar-refractivity contribution in [2.75, 3.05) is 18.4 Å². The number of alkyl halides is 1. The zero-order chi connectivity index (χ0) is 15.6. The smallest absolute Gasteiger partial charge is 0.321 e. The molecule has 0 spiro atoms. The maximum atomic E-state index is 14.0. The molecule has 1 saturated heterocycles. The van der Waals surface area contributed by atoms with Gasteiger partial charge < -0.3 is 10.2 Å². The molecular formula is C16H19FN4O. The van der Waals surface area contributed by atoms with E-state index in [1.54, 1.807) is 17.8 Å². The molecule has 1 N–H and O–H groups in total. The zero-order valence-electron chi connectivity index (χ0n) is 12.5. The lowest BCUT2D eigenvalue weighted by molar-refractivity contribution is 0.0808. The van der Waals surface area contributed by atoms with Crippen molar-refractivity contribution < 1.29 is 9.18 Å². The number of piperidine rings is 1. The summed E-state index contributed by atoms with van der Waals surface area (Å²) in [5, 5.41) is 6.96. The summed E-state index contributed by atoms with van der Waals surface area (Å²) in [4.78, 5) is 13.7. The first-order chi connectivity index (χ1) is 10.5. The normalized spacial score (nSPS) is 21.6. The molecule has 2 aromatic rings. The number of carbonyl (C=O) groups excluding carboxylic acids is 1. The molecule has 2 heterocycles. The predicted octanol–water partition coefficient (Wildman–Crippen LogP) is 3.23. The third-order valence-corrected chi connectivity index (χ3v) is 3.82. The number of carbonyl (C=O) groups is 1. The Labute approximate surface area is 128 Å². The summed E-state index contributed by atoms with van der Waals surface area (Å²) in [6, 6.07) is 8.97. The van der Waals surface area contributed by atoms with E-state index in [2.05, 4.69) is 10.4 Å². The fourth-order valence-electron chi connectivity index (χ4n) is 2.69. The van der Waals surface area contributed by atoms with Crippen LogP contribution in [0.3, 0.4) is 0 Å². The van der Waals surface area contributed by atoms with Crippen molar-refractivity contribution in [3.63, 3.8) is 0 Å². The minimum absolute atomic E-state index is 0.143. The molecule has 1 unspecified atom stereocenters. The first-order valence-corrected chi connectivity index (χ1v) is 7.38. The fraction of sp³-hybridized carbons (Fsp3) is 0.375. The van der Waals surface area contributed by atoms with Gasteiger partial charge in [0, 0.05) is 24.6 Å². The molecule has 2 amide bonds. The van der Waals surface area contributed by atoms with Crippen LogP contribution in [0.25, 0.3) is 5.69 Å². The van der Waals surface area contributed by atoms with Crippen LogP contribution in [0.15, 0.2) is 42.7 Å². The van der Waals surface area contributed by atoms with E-state index >= 15 is 0 Å². The largest absolute Gasteiger partial charge is 0.321 e. The van der Waals surface area contributed by atoms with Gasteiger partial charge in [-0.3, -0.25) is 0 Å². The molecule has 0 aliphatic carbocycles. The van der Waals surface area contributed by atoms with Gasteiger partial charge in [-0.25, -0.2) is 13.9 Å². The Morgan fingerprint density at radius 1 is 1.36 bits per heavy atom. The number of halogens is 1. The molecular weight excluding hydrogens is 283 g/mol. The maximum absolute atomic E-state index is 14.0. The summed E-state index contributed by atoms with van der Waals surface area (Å²) < 4.78 is 15.7. The Morgan fingerprint density at radius 3 is 2.77 bits per heavy atom. The summed E-state index contributed by atoms with van der Waals surface area (Å²) in [6.45, 7) is 2.28. The van der Waals surface area contributed by atoms with Gasteiger partial charge in [0.2, 0.25) is 0 Å². The Kier molecular flexibility index (Phi) is 3.83. The van der Waals surface area contributed by atoms with Crippen molar-refractivity contribution in [1.29, 1.82) is 0 Å². The van der Waals surface area contributed by atoms with Gasteiger partial charge >= 0.3 is 6.03 Å². The van der Waals surface area contributed by atoms with Gasteiger partial charge in [0.1, 0.15) is 5.67 Å². The highest BCUT2D eigenvalue weighted by Crippen LogP contribution is 2.25. The van der Waals surface area contributed by atoms with Gasteiger partial charge in [-0.2, -0.15) is 5.10 Å². The van der Waals surface area contributed by atoms with Crippen LogP contribution in [0.5, 0.6) is 0 Å². The maximum Gasteiger partial charge on any atom is 0.321 e. The van der Waals surface area contributed by atoms with Gasteiger partial charge in [0.25, 0.3) is 0 Å². The van der Waals surface area contributed by atoms with Crippen LogP contribution in [0, 0.1) is 0 Å². The van der Waals surface area contributed by atoms with E-state index in [-0.39, 0.29) is 12.6 Å². The van der Waals surface area contributed by atoms with Crippen LogP contribution >= 0.6 is 0 Å². The first-order valence-electron chi connectivity index (χ1n) is 7.38. The van der Waals surface area contributed by atoms with Gasteiger partial charge in [-0.05, 0) is 50.1 Å². The molecule has 0 saturated carbocycles. The molecule has 1 fully saturated rings. The lowest BCUT2D eigenvalue weighted by Crippen LogP contribution is -2.47. The first kappa shape index (κ1) is 14.6. The van der Waals surface area contributed by atoms with Crippen molar-refractivity contribution in [1.82, 2.24) is 14.7 Å². The molecule has 0 radical (unpaired) electrons. The molecule has 1 aliphatic heterocycles. The number of urea groups is 1. The lowest BCUT2D eigenvalue weighted by Gasteiger charge is -2.35. The van der Waals surface area contributed by atoms with E-state index in [0.717, 1.165) is 5.69 Å². The van der Waals surface area contributed by atoms with Crippen molar-refractivity contribution in [3.8, 4) is 5.69 Å². The van der Waals surface area contributed by atoms with Crippen molar-refractivity contribution in [2.45, 2.75) is 25.4 Å². The van der Waals surface area contributed by atoms with Gasteiger partial charge in [-0.1, -0.05) is 0 Å². The Bertz CT molecular complexity index is 637. The number of nitrogens with zero attached hydrogens (tertiary/aromatic N) is 3. The molecule has 6 heteroatoms. The van der Waals surface area contributed by atoms with Crippen LogP contribution in [0.4, 0.5) is 14.9 Å². The SMILES string of the molecule is CC1(F)CCCN(C(=O)Nc2ccc(-n3cccn3)cc2)C1. The van der Waals surface area contributed by atoms with E-state index in [9.17, 15) is 9.18 Å². The number of benzene rings is 1. The average molecular weight is 302 g/mol. The summed E-state index contributed by atoms with van der Waals surface area (Å²) in [5.74, 6) is 0. The number of nitrogens with one attached hydrogen (secondary N) is 1. The number of rotatable bonds is 2. The summed E-state index contributed by atoms with van der Waals surface area (Å²) >= 11 is 0. The molecule has 22 heavy (non-hydrogen) atoms. The minimum atomic E-state index is -1.29. The Balaban J connectivity index is 1.64. The van der Waals surface area contributed by atoms with Crippen LogP contribution in [0.2, 0.25) is 0 Å². The number of aromatic nitrogens is 2. The van der Waals surface area contributed by atoms with E-state index in [4.69, 9.17) is 0 Å². The van der Waals surface area contributed by atoms with E-state index in [0.29, 0.717) is 25.1 Å². The third-order valence-electron chi connectivity index (χ3n) is 3.82. The van der Waals surface area contributed by atoms with Crippen molar-refractivity contribution in [2.24, 2.45) is 0 Å². The number of anilines is 1. The second-order valence-electron chi connectivity index (χ2n) is 5.87. The van der Waals surface area contributed by atoms with Crippen molar-refractivity contribution in [3.05, 3.63) is 42.7 Å². The Hall–Kier alpha value is -2.37. The second kappa shape index (κ2) is 5.79. The van der Waals surface area contributed by atoms with Crippen LogP contribution in [-0.2, 0) is 0 Å². The number of hydrogen-bond donors (Lipinski definition) is 1. The molecule has 1 aliphatic rings. The minimum Gasteiger partial charge on any atom is -0.321 e. The van der Waals surface area contributed by atoms with Gasteiger partial charge in [0.15, 0.2) is 0 Å². The highest BCUT2D eigenvalue weighted by atomic mass is 19.1. The van der Waals surface area contributed by atoms with Crippen LogP contribution in [0.1, 0.15) is 19.8 Å². The second-order valence-corrected chi connectivity index (χ2v) is 5.87. The molecule has 1 atom stereocenters. The van der Waals surface area contributed by atoms with Crippen LogP contribution < -0.4 is 5.32 Å². The lowest BCUT2D eigenvalue weighted by atomic mass is 9.97. The highest BCUT2D eigenvalue weighted by Gasteiger charge is 2.32. The predicted molar refractivity (Wildman–Crippen MR) is 82.9 cm³/mol. The zero-order valence-corrected chi connectivity index (χ0v) is 12.5. The number of likely N-dealkylation sites (tertiary alicyclic amines) is 1. The Morgan fingerprint density at radius 2 is 2.14 bits per heavy atom. The van der Waals surface area contributed by atoms with E-state index in [1.807, 2.05) is 36.5 Å². The summed E-state index contributed by atoms with van der Waals surface area (Å²) in [5.41, 5.74) is 0.309. The standard InChI is InChI=1S/C16H19FN4O/c1-16(17)8-2-10-20(12-16)15(22)19-13-4-6-14(7-5-13)21-11-3-9-18-21/h3-7,9,11H,2,8,10,12H2,1H3,(H,19,22). The summed E-state index contributed by atoms with van der Waals surface area (Å²) in [6.07, 6.45) is 4.76. The topological polar surface area (TPSA) is 50.2 Å². The molecule has 116 valence electrons. The van der Waals surface area contributed by atoms with Crippen LogP contribution in [-0.4, -0.2) is 39.5 Å². The van der Waals surface area contributed by atoms with Crippen molar-refractivity contribution >= 4 is 11.7 Å². The molecule has 5 nitrogen and oxygen atoms in total. The van der Waals surface area contributed by atoms with E-state index < -0.39 is 5.67 Å². The average Bonchev–Trinajstić information content (AvgIpc) is 3.01. The van der Waals surface area contributed by atoms with Gasteiger partial charge in [0.05, 0.1) is 12.2 Å². The monoisotopic (exact) mass is 302 g/mol. The molecule has 1 aromatic carbocycles. The third kappa shape index (κ3) is 3.27. The number of hydrogen-bond acceptors (Lipinski definition) is 2.